The molecule has 1 heterocycles. The van der Waals surface area contributed by atoms with Crippen molar-refractivity contribution in [3.8, 4) is 6.07 Å². The normalized spacial score (nSPS) is 28.0. The molecule has 0 saturated heterocycles. The number of imidazole rings is 1. The lowest BCUT2D eigenvalue weighted by Gasteiger charge is -2.38. The standard InChI is InChI=1S/C16H25N3O/c1-3-9-19-12-18-10-14(19)15(20)16(11-17)7-5-13(4-2)6-8-16/h10,12-13,15,20H,3-9H2,1-2H3. The quantitative estimate of drug-likeness (QED) is 0.895. The predicted octanol–water partition coefficient (Wildman–Crippen LogP) is 3.44. The Labute approximate surface area is 121 Å². The van der Waals surface area contributed by atoms with E-state index < -0.39 is 11.5 Å². The molecule has 1 N–H and O–H groups in total. The Hall–Kier alpha value is -1.34. The van der Waals surface area contributed by atoms with Gasteiger partial charge in [0.1, 0.15) is 6.10 Å². The van der Waals surface area contributed by atoms with Gasteiger partial charge in [0.05, 0.1) is 29.7 Å². The highest BCUT2D eigenvalue weighted by Crippen LogP contribution is 2.47. The third-order valence-corrected chi connectivity index (χ3v) is 4.81. The molecule has 4 heteroatoms. The number of aliphatic hydroxyl groups excluding tert-OH is 1. The van der Waals surface area contributed by atoms with Gasteiger partial charge in [-0.15, -0.1) is 0 Å². The van der Waals surface area contributed by atoms with E-state index in [1.807, 2.05) is 4.57 Å². The van der Waals surface area contributed by atoms with E-state index in [0.29, 0.717) is 5.92 Å². The topological polar surface area (TPSA) is 61.8 Å². The van der Waals surface area contributed by atoms with E-state index >= 15 is 0 Å². The van der Waals surface area contributed by atoms with Crippen molar-refractivity contribution >= 4 is 0 Å². The fraction of sp³-hybridized carbons (Fsp3) is 0.750. The minimum atomic E-state index is -0.723. The molecular weight excluding hydrogens is 250 g/mol. The van der Waals surface area contributed by atoms with Gasteiger partial charge in [-0.2, -0.15) is 5.26 Å². The molecule has 0 radical (unpaired) electrons. The van der Waals surface area contributed by atoms with Crippen LogP contribution in [0.2, 0.25) is 0 Å². The molecule has 0 amide bonds. The second kappa shape index (κ2) is 6.41. The van der Waals surface area contributed by atoms with Crippen LogP contribution in [0.4, 0.5) is 0 Å². The van der Waals surface area contributed by atoms with E-state index in [4.69, 9.17) is 0 Å². The van der Waals surface area contributed by atoms with Crippen LogP contribution in [-0.4, -0.2) is 14.7 Å². The minimum absolute atomic E-state index is 0.628. The second-order valence-electron chi connectivity index (χ2n) is 6.03. The van der Waals surface area contributed by atoms with Gasteiger partial charge < -0.3 is 9.67 Å². The summed E-state index contributed by atoms with van der Waals surface area (Å²) in [5.41, 5.74) is 0.167. The highest BCUT2D eigenvalue weighted by atomic mass is 16.3. The Morgan fingerprint density at radius 3 is 2.75 bits per heavy atom. The molecule has 1 aromatic rings. The molecule has 20 heavy (non-hydrogen) atoms. The monoisotopic (exact) mass is 275 g/mol. The first-order valence-electron chi connectivity index (χ1n) is 7.76. The summed E-state index contributed by atoms with van der Waals surface area (Å²) in [6.45, 7) is 5.14. The van der Waals surface area contributed by atoms with Gasteiger partial charge in [0, 0.05) is 6.54 Å². The third kappa shape index (κ3) is 2.73. The number of aromatic nitrogens is 2. The van der Waals surface area contributed by atoms with Crippen LogP contribution >= 0.6 is 0 Å². The molecule has 1 aliphatic rings. The molecule has 0 aliphatic heterocycles. The number of hydrogen-bond donors (Lipinski definition) is 1. The molecule has 1 fully saturated rings. The number of aryl methyl sites for hydroxylation is 1. The maximum absolute atomic E-state index is 10.8. The first-order valence-corrected chi connectivity index (χ1v) is 7.76. The van der Waals surface area contributed by atoms with Gasteiger partial charge in [-0.3, -0.25) is 0 Å². The van der Waals surface area contributed by atoms with Gasteiger partial charge in [0.25, 0.3) is 0 Å². The molecule has 1 aromatic heterocycles. The molecule has 0 bridgehead atoms. The lowest BCUT2D eigenvalue weighted by Crippen LogP contribution is -2.33. The smallest absolute Gasteiger partial charge is 0.114 e. The first-order chi connectivity index (χ1) is 9.66. The van der Waals surface area contributed by atoms with E-state index in [1.165, 1.54) is 6.42 Å². The number of aliphatic hydroxyl groups is 1. The van der Waals surface area contributed by atoms with Crippen molar-refractivity contribution in [1.29, 1.82) is 5.26 Å². The Balaban J connectivity index is 2.19. The van der Waals surface area contributed by atoms with Crippen molar-refractivity contribution in [2.45, 2.75) is 65.0 Å². The molecule has 0 spiro atoms. The van der Waals surface area contributed by atoms with Gasteiger partial charge in [-0.25, -0.2) is 4.98 Å². The molecule has 1 unspecified atom stereocenters. The number of nitrogens with zero attached hydrogens (tertiary/aromatic N) is 3. The Bertz CT molecular complexity index is 466. The number of nitriles is 1. The fourth-order valence-corrected chi connectivity index (χ4v) is 3.32. The average molecular weight is 275 g/mol. The lowest BCUT2D eigenvalue weighted by molar-refractivity contribution is 0.0188. The Kier molecular flexibility index (Phi) is 4.82. The number of hydrogen-bond acceptors (Lipinski definition) is 3. The highest BCUT2D eigenvalue weighted by molar-refractivity contribution is 5.16. The van der Waals surface area contributed by atoms with E-state index in [1.54, 1.807) is 12.5 Å². The van der Waals surface area contributed by atoms with E-state index in [-0.39, 0.29) is 0 Å². The van der Waals surface area contributed by atoms with Crippen molar-refractivity contribution in [2.24, 2.45) is 11.3 Å². The predicted molar refractivity (Wildman–Crippen MR) is 77.8 cm³/mol. The van der Waals surface area contributed by atoms with Crippen molar-refractivity contribution in [3.63, 3.8) is 0 Å². The molecule has 1 aliphatic carbocycles. The van der Waals surface area contributed by atoms with Crippen molar-refractivity contribution in [1.82, 2.24) is 9.55 Å². The second-order valence-corrected chi connectivity index (χ2v) is 6.03. The van der Waals surface area contributed by atoms with Crippen LogP contribution in [0.5, 0.6) is 0 Å². The summed E-state index contributed by atoms with van der Waals surface area (Å²) >= 11 is 0. The number of rotatable bonds is 5. The van der Waals surface area contributed by atoms with Gasteiger partial charge in [0.2, 0.25) is 0 Å². The van der Waals surface area contributed by atoms with Gasteiger partial charge >= 0.3 is 0 Å². The lowest BCUT2D eigenvalue weighted by atomic mass is 9.67. The van der Waals surface area contributed by atoms with Crippen LogP contribution < -0.4 is 0 Å². The van der Waals surface area contributed by atoms with Gasteiger partial charge in [-0.1, -0.05) is 20.3 Å². The molecule has 110 valence electrons. The van der Waals surface area contributed by atoms with E-state index in [2.05, 4.69) is 24.9 Å². The van der Waals surface area contributed by atoms with Crippen LogP contribution in [0, 0.1) is 22.7 Å². The molecule has 2 rings (SSSR count). The molecule has 0 aromatic carbocycles. The van der Waals surface area contributed by atoms with E-state index in [0.717, 1.165) is 44.3 Å². The summed E-state index contributed by atoms with van der Waals surface area (Å²) in [5.74, 6) is 0.712. The molecule has 1 atom stereocenters. The highest BCUT2D eigenvalue weighted by Gasteiger charge is 2.43. The Morgan fingerprint density at radius 2 is 2.20 bits per heavy atom. The summed E-state index contributed by atoms with van der Waals surface area (Å²) in [6.07, 6.45) is 8.58. The maximum atomic E-state index is 10.8. The largest absolute Gasteiger partial charge is 0.385 e. The first kappa shape index (κ1) is 15.1. The van der Waals surface area contributed by atoms with Crippen LogP contribution in [0.25, 0.3) is 0 Å². The van der Waals surface area contributed by atoms with E-state index in [9.17, 15) is 10.4 Å². The molecule has 4 nitrogen and oxygen atoms in total. The average Bonchev–Trinajstić information content (AvgIpc) is 2.95. The zero-order valence-electron chi connectivity index (χ0n) is 12.5. The molecular formula is C16H25N3O. The summed E-state index contributed by atoms with van der Waals surface area (Å²) in [7, 11) is 0. The van der Waals surface area contributed by atoms with Gasteiger partial charge in [0.15, 0.2) is 0 Å². The summed E-state index contributed by atoms with van der Waals surface area (Å²) in [4.78, 5) is 4.15. The van der Waals surface area contributed by atoms with Crippen LogP contribution in [0.1, 0.15) is 64.2 Å². The van der Waals surface area contributed by atoms with Crippen LogP contribution in [-0.2, 0) is 6.54 Å². The zero-order chi connectivity index (χ0) is 14.6. The van der Waals surface area contributed by atoms with Crippen LogP contribution in [0.3, 0.4) is 0 Å². The zero-order valence-corrected chi connectivity index (χ0v) is 12.5. The third-order valence-electron chi connectivity index (χ3n) is 4.81. The summed E-state index contributed by atoms with van der Waals surface area (Å²) < 4.78 is 1.98. The fourth-order valence-electron chi connectivity index (χ4n) is 3.32. The van der Waals surface area contributed by atoms with Crippen molar-refractivity contribution in [3.05, 3.63) is 18.2 Å². The van der Waals surface area contributed by atoms with Crippen LogP contribution in [0.15, 0.2) is 12.5 Å². The Morgan fingerprint density at radius 1 is 1.50 bits per heavy atom. The van der Waals surface area contributed by atoms with Crippen molar-refractivity contribution < 1.29 is 5.11 Å². The maximum Gasteiger partial charge on any atom is 0.114 e. The van der Waals surface area contributed by atoms with Gasteiger partial charge in [-0.05, 0) is 38.0 Å². The summed E-state index contributed by atoms with van der Waals surface area (Å²) in [5, 5.41) is 20.4. The summed E-state index contributed by atoms with van der Waals surface area (Å²) in [6, 6.07) is 2.43. The SMILES string of the molecule is CCCn1cncc1C(O)C1(C#N)CCC(CC)CC1. The minimum Gasteiger partial charge on any atom is -0.385 e. The van der Waals surface area contributed by atoms with Crippen molar-refractivity contribution in [2.75, 3.05) is 0 Å². The molecule has 1 saturated carbocycles.